The number of carbonyl (C=O) groups is 1. The van der Waals surface area contributed by atoms with Crippen LogP contribution >= 0.6 is 11.6 Å². The first kappa shape index (κ1) is 23.3. The van der Waals surface area contributed by atoms with Gasteiger partial charge in [-0.25, -0.2) is 21.9 Å². The second-order valence-electron chi connectivity index (χ2n) is 8.04. The molecule has 0 spiro atoms. The molecular weight excluding hydrogens is 474 g/mol. The van der Waals surface area contributed by atoms with E-state index in [2.05, 4.69) is 0 Å². The first-order valence-electron chi connectivity index (χ1n) is 10.2. The van der Waals surface area contributed by atoms with E-state index in [9.17, 15) is 22.0 Å². The second-order valence-corrected chi connectivity index (χ2v) is 10.2. The van der Waals surface area contributed by atoms with Crippen molar-refractivity contribution in [3.63, 3.8) is 0 Å². The molecule has 1 heterocycles. The zero-order chi connectivity index (χ0) is 23.8. The Morgan fingerprint density at radius 2 is 2.00 bits per heavy atom. The van der Waals surface area contributed by atoms with Crippen molar-refractivity contribution in [3.8, 4) is 5.75 Å². The maximum atomic E-state index is 14.7. The van der Waals surface area contributed by atoms with Crippen LogP contribution in [0.4, 0.5) is 8.78 Å². The van der Waals surface area contributed by atoms with Crippen LogP contribution in [-0.2, 0) is 16.6 Å². The van der Waals surface area contributed by atoms with Crippen LogP contribution in [0.3, 0.4) is 0 Å². The van der Waals surface area contributed by atoms with Gasteiger partial charge in [0, 0.05) is 19.3 Å². The van der Waals surface area contributed by atoms with Gasteiger partial charge < -0.3 is 9.64 Å². The third-order valence-corrected chi connectivity index (χ3v) is 6.09. The molecule has 2 aromatic rings. The number of hydrogen-bond donors (Lipinski definition) is 1. The molecule has 0 aromatic heterocycles. The smallest absolute Gasteiger partial charge is 0.267 e. The van der Waals surface area contributed by atoms with Crippen LogP contribution in [0.1, 0.15) is 40.2 Å². The Balaban J connectivity index is 1.48. The van der Waals surface area contributed by atoms with Gasteiger partial charge in [-0.1, -0.05) is 11.6 Å². The van der Waals surface area contributed by atoms with Crippen LogP contribution < -0.4 is 9.46 Å². The summed E-state index contributed by atoms with van der Waals surface area (Å²) in [4.78, 5) is 14.1. The van der Waals surface area contributed by atoms with Crippen molar-refractivity contribution in [1.29, 1.82) is 0 Å². The molecule has 1 saturated carbocycles. The van der Waals surface area contributed by atoms with Gasteiger partial charge in [0.25, 0.3) is 5.91 Å². The Bertz CT molecular complexity index is 1270. The van der Waals surface area contributed by atoms with Crippen molar-refractivity contribution in [2.45, 2.75) is 25.3 Å². The van der Waals surface area contributed by atoms with E-state index in [1.807, 2.05) is 15.7 Å². The summed E-state index contributed by atoms with van der Waals surface area (Å²) in [6.45, 7) is 0.876. The van der Waals surface area contributed by atoms with Gasteiger partial charge in [-0.2, -0.15) is 0 Å². The second kappa shape index (κ2) is 9.15. The fourth-order valence-electron chi connectivity index (χ4n) is 3.55. The van der Waals surface area contributed by atoms with Gasteiger partial charge in [-0.3, -0.25) is 4.79 Å². The maximum absolute atomic E-state index is 14.7. The Morgan fingerprint density at radius 3 is 2.61 bits per heavy atom. The minimum absolute atomic E-state index is 0.163. The molecule has 4 rings (SSSR count). The minimum atomic E-state index is -3.80. The van der Waals surface area contributed by atoms with Crippen LogP contribution in [-0.4, -0.2) is 32.0 Å². The number of halogens is 3. The Hall–Kier alpha value is -2.91. The number of amides is 1. The van der Waals surface area contributed by atoms with Gasteiger partial charge in [0.05, 0.1) is 16.8 Å². The highest BCUT2D eigenvalue weighted by molar-refractivity contribution is 7.89. The van der Waals surface area contributed by atoms with Crippen LogP contribution in [0, 0.1) is 11.6 Å². The van der Waals surface area contributed by atoms with Crippen LogP contribution in [0.15, 0.2) is 54.4 Å². The monoisotopic (exact) mass is 494 g/mol. The molecule has 2 aromatic carbocycles. The largest absolute Gasteiger partial charge is 0.456 e. The van der Waals surface area contributed by atoms with E-state index < -0.39 is 27.6 Å². The lowest BCUT2D eigenvalue weighted by atomic mass is 9.98. The van der Waals surface area contributed by atoms with E-state index in [4.69, 9.17) is 16.3 Å². The fourth-order valence-corrected chi connectivity index (χ4v) is 4.20. The van der Waals surface area contributed by atoms with E-state index >= 15 is 0 Å². The highest BCUT2D eigenvalue weighted by Gasteiger charge is 2.29. The number of nitrogens with zero attached hydrogens (tertiary/aromatic N) is 1. The molecule has 1 aliphatic carbocycles. The number of carbonyl (C=O) groups excluding carboxylic acids is 1. The molecule has 1 fully saturated rings. The van der Waals surface area contributed by atoms with Gasteiger partial charge in [0.15, 0.2) is 0 Å². The summed E-state index contributed by atoms with van der Waals surface area (Å²) in [6, 6.07) is 6.63. The standard InChI is InChI=1S/C23H21ClF2N2O4S/c1-33(30,31)27-23(29)19-12-18(14-2-3-14)15(10-21(19)26)13-28-8-6-17(7-9-28)32-22-5-4-16(25)11-20(22)24/h4-8,10-12,14H,2-3,9,13H2,1H3,(H,27,29). The van der Waals surface area contributed by atoms with Crippen LogP contribution in [0.2, 0.25) is 5.02 Å². The lowest BCUT2D eigenvalue weighted by molar-refractivity contribution is 0.0977. The molecular formula is C23H21ClF2N2O4S. The normalized spacial score (nSPS) is 15.9. The summed E-state index contributed by atoms with van der Waals surface area (Å²) in [5, 5.41) is 0.163. The van der Waals surface area contributed by atoms with E-state index in [0.717, 1.165) is 30.2 Å². The molecule has 0 unspecified atom stereocenters. The minimum Gasteiger partial charge on any atom is -0.456 e. The molecule has 174 valence electrons. The van der Waals surface area contributed by atoms with Gasteiger partial charge in [-0.15, -0.1) is 0 Å². The molecule has 10 heteroatoms. The van der Waals surface area contributed by atoms with Crippen molar-refractivity contribution in [2.24, 2.45) is 0 Å². The van der Waals surface area contributed by atoms with E-state index in [0.29, 0.717) is 24.6 Å². The van der Waals surface area contributed by atoms with Gasteiger partial charge in [0.2, 0.25) is 10.0 Å². The molecule has 1 amide bonds. The lowest BCUT2D eigenvalue weighted by Crippen LogP contribution is -2.30. The van der Waals surface area contributed by atoms with Gasteiger partial charge in [0.1, 0.15) is 23.1 Å². The Kier molecular flexibility index (Phi) is 6.45. The van der Waals surface area contributed by atoms with Crippen molar-refractivity contribution in [3.05, 3.63) is 87.8 Å². The summed E-state index contributed by atoms with van der Waals surface area (Å²) >= 11 is 6.00. The van der Waals surface area contributed by atoms with Gasteiger partial charge in [-0.05, 0) is 72.4 Å². The third-order valence-electron chi connectivity index (χ3n) is 5.24. The highest BCUT2D eigenvalue weighted by Crippen LogP contribution is 2.43. The average molecular weight is 495 g/mol. The summed E-state index contributed by atoms with van der Waals surface area (Å²) in [7, 11) is -3.80. The first-order chi connectivity index (χ1) is 15.6. The summed E-state index contributed by atoms with van der Waals surface area (Å²) in [6.07, 6.45) is 8.05. The zero-order valence-electron chi connectivity index (χ0n) is 17.6. The topological polar surface area (TPSA) is 75.7 Å². The Morgan fingerprint density at radius 1 is 1.24 bits per heavy atom. The quantitative estimate of drug-likeness (QED) is 0.614. The predicted octanol–water partition coefficient (Wildman–Crippen LogP) is 4.48. The third kappa shape index (κ3) is 5.91. The molecule has 6 nitrogen and oxygen atoms in total. The highest BCUT2D eigenvalue weighted by atomic mass is 35.5. The first-order valence-corrected chi connectivity index (χ1v) is 12.5. The Labute approximate surface area is 195 Å². The van der Waals surface area contributed by atoms with Crippen LogP contribution in [0.25, 0.3) is 0 Å². The van der Waals surface area contributed by atoms with Crippen molar-refractivity contribution in [1.82, 2.24) is 9.62 Å². The van der Waals surface area contributed by atoms with Crippen molar-refractivity contribution in [2.75, 3.05) is 12.8 Å². The van der Waals surface area contributed by atoms with Crippen molar-refractivity contribution >= 4 is 27.5 Å². The number of benzene rings is 2. The molecule has 0 bridgehead atoms. The molecule has 0 saturated heterocycles. The van der Waals surface area contributed by atoms with Crippen LogP contribution in [0.5, 0.6) is 5.75 Å². The van der Waals surface area contributed by atoms with Gasteiger partial charge >= 0.3 is 0 Å². The molecule has 1 N–H and O–H groups in total. The average Bonchev–Trinajstić information content (AvgIpc) is 3.55. The lowest BCUT2D eigenvalue weighted by Gasteiger charge is -2.24. The maximum Gasteiger partial charge on any atom is 0.267 e. The number of allylic oxidation sites excluding steroid dienone is 1. The molecule has 0 atom stereocenters. The number of sulfonamides is 1. The molecule has 33 heavy (non-hydrogen) atoms. The van der Waals surface area contributed by atoms with Crippen molar-refractivity contribution < 1.29 is 26.7 Å². The predicted molar refractivity (Wildman–Crippen MR) is 120 cm³/mol. The number of hydrogen-bond acceptors (Lipinski definition) is 5. The summed E-state index contributed by atoms with van der Waals surface area (Å²) in [5.74, 6) is -1.11. The SMILES string of the molecule is CS(=O)(=O)NC(=O)c1cc(C2CC2)c(CN2C=CC(Oc3ccc(F)cc3Cl)=CC2)cc1F. The summed E-state index contributed by atoms with van der Waals surface area (Å²) < 4.78 is 58.1. The van der Waals surface area contributed by atoms with E-state index in [1.165, 1.54) is 30.3 Å². The fraction of sp³-hybridized carbons (Fsp3) is 0.261. The number of ether oxygens (including phenoxy) is 1. The van der Waals surface area contributed by atoms with E-state index in [1.54, 1.807) is 12.3 Å². The summed E-state index contributed by atoms with van der Waals surface area (Å²) in [5.41, 5.74) is 1.29. The molecule has 2 aliphatic rings. The molecule has 0 radical (unpaired) electrons. The van der Waals surface area contributed by atoms with E-state index in [-0.39, 0.29) is 16.5 Å². The molecule has 1 aliphatic heterocycles. The zero-order valence-corrected chi connectivity index (χ0v) is 19.2. The number of rotatable bonds is 7. The number of nitrogens with one attached hydrogen (secondary N) is 1.